The first kappa shape index (κ1) is 15.4. The standard InChI is InChI=1S/C16H15N3O3S/c1-11(14(20)17-10-12-6-3-2-4-7-12)23-16-19-18-15(22-16)13-8-5-9-21-13/h2-9,11H,10H2,1H3,(H,17,20)/t11-/m1/s1. The maximum absolute atomic E-state index is 12.1. The van der Waals surface area contributed by atoms with Crippen LogP contribution in [0.15, 0.2) is 62.8 Å². The van der Waals surface area contributed by atoms with Crippen molar-refractivity contribution in [3.8, 4) is 11.7 Å². The van der Waals surface area contributed by atoms with Gasteiger partial charge in [-0.2, -0.15) is 0 Å². The Balaban J connectivity index is 1.54. The number of carbonyl (C=O) groups excluding carboxylic acids is 1. The first-order valence-electron chi connectivity index (χ1n) is 7.08. The average Bonchev–Trinajstić information content (AvgIpc) is 3.24. The Hall–Kier alpha value is -2.54. The lowest BCUT2D eigenvalue weighted by Gasteiger charge is -2.09. The molecule has 0 saturated carbocycles. The van der Waals surface area contributed by atoms with E-state index in [4.69, 9.17) is 8.83 Å². The number of benzene rings is 1. The second-order valence-electron chi connectivity index (χ2n) is 4.81. The van der Waals surface area contributed by atoms with Crippen LogP contribution in [0.4, 0.5) is 0 Å². The zero-order chi connectivity index (χ0) is 16.1. The zero-order valence-electron chi connectivity index (χ0n) is 12.4. The van der Waals surface area contributed by atoms with Gasteiger partial charge in [0.1, 0.15) is 0 Å². The smallest absolute Gasteiger partial charge is 0.284 e. The van der Waals surface area contributed by atoms with E-state index in [1.165, 1.54) is 18.0 Å². The van der Waals surface area contributed by atoms with Gasteiger partial charge in [-0.25, -0.2) is 0 Å². The molecule has 2 heterocycles. The van der Waals surface area contributed by atoms with Gasteiger partial charge in [0.15, 0.2) is 5.76 Å². The number of nitrogens with one attached hydrogen (secondary N) is 1. The minimum atomic E-state index is -0.344. The van der Waals surface area contributed by atoms with Crippen molar-refractivity contribution in [1.82, 2.24) is 15.5 Å². The lowest BCUT2D eigenvalue weighted by Crippen LogP contribution is -2.30. The molecule has 0 radical (unpaired) electrons. The summed E-state index contributed by atoms with van der Waals surface area (Å²) < 4.78 is 10.7. The van der Waals surface area contributed by atoms with Gasteiger partial charge in [-0.1, -0.05) is 42.1 Å². The van der Waals surface area contributed by atoms with Crippen LogP contribution in [0, 0.1) is 0 Å². The third-order valence-corrected chi connectivity index (χ3v) is 4.03. The van der Waals surface area contributed by atoms with Crippen molar-refractivity contribution in [1.29, 1.82) is 0 Å². The van der Waals surface area contributed by atoms with Crippen LogP contribution in [0.1, 0.15) is 12.5 Å². The lowest BCUT2D eigenvalue weighted by molar-refractivity contribution is -0.120. The quantitative estimate of drug-likeness (QED) is 0.700. The van der Waals surface area contributed by atoms with E-state index in [2.05, 4.69) is 15.5 Å². The highest BCUT2D eigenvalue weighted by Crippen LogP contribution is 2.26. The van der Waals surface area contributed by atoms with Crippen molar-refractivity contribution in [2.75, 3.05) is 0 Å². The zero-order valence-corrected chi connectivity index (χ0v) is 13.2. The molecule has 0 aliphatic carbocycles. The molecule has 0 fully saturated rings. The molecule has 1 N–H and O–H groups in total. The number of hydrogen-bond donors (Lipinski definition) is 1. The molecule has 0 unspecified atom stereocenters. The summed E-state index contributed by atoms with van der Waals surface area (Å²) in [5, 5.41) is 10.7. The molecule has 7 heteroatoms. The number of hydrogen-bond acceptors (Lipinski definition) is 6. The molecule has 2 aromatic heterocycles. The van der Waals surface area contributed by atoms with Gasteiger partial charge in [-0.3, -0.25) is 4.79 Å². The summed E-state index contributed by atoms with van der Waals surface area (Å²) in [6, 6.07) is 13.2. The van der Waals surface area contributed by atoms with E-state index in [1.54, 1.807) is 19.1 Å². The van der Waals surface area contributed by atoms with E-state index in [-0.39, 0.29) is 11.2 Å². The van der Waals surface area contributed by atoms with Crippen LogP contribution in [-0.2, 0) is 11.3 Å². The fraction of sp³-hybridized carbons (Fsp3) is 0.188. The molecule has 0 spiro atoms. The molecule has 0 aliphatic heterocycles. The number of nitrogens with zero attached hydrogens (tertiary/aromatic N) is 2. The van der Waals surface area contributed by atoms with E-state index in [9.17, 15) is 4.79 Å². The van der Waals surface area contributed by atoms with Gasteiger partial charge in [-0.05, 0) is 24.6 Å². The minimum absolute atomic E-state index is 0.0865. The molecule has 1 atom stereocenters. The molecule has 118 valence electrons. The number of aromatic nitrogens is 2. The van der Waals surface area contributed by atoms with Crippen molar-refractivity contribution in [3.05, 3.63) is 54.3 Å². The number of thioether (sulfide) groups is 1. The molecule has 0 aliphatic rings. The first-order chi connectivity index (χ1) is 11.2. The van der Waals surface area contributed by atoms with Gasteiger partial charge in [0.05, 0.1) is 11.5 Å². The van der Waals surface area contributed by atoms with Crippen LogP contribution < -0.4 is 5.32 Å². The normalized spacial score (nSPS) is 12.0. The molecule has 3 rings (SSSR count). The second-order valence-corrected chi connectivity index (χ2v) is 6.11. The van der Waals surface area contributed by atoms with Gasteiger partial charge >= 0.3 is 0 Å². The van der Waals surface area contributed by atoms with Crippen molar-refractivity contribution in [3.63, 3.8) is 0 Å². The predicted molar refractivity (Wildman–Crippen MR) is 85.6 cm³/mol. The van der Waals surface area contributed by atoms with Gasteiger partial charge < -0.3 is 14.2 Å². The van der Waals surface area contributed by atoms with Crippen molar-refractivity contribution >= 4 is 17.7 Å². The molecule has 1 aromatic carbocycles. The highest BCUT2D eigenvalue weighted by Gasteiger charge is 2.19. The van der Waals surface area contributed by atoms with E-state index < -0.39 is 0 Å². The Bertz CT molecular complexity index is 756. The average molecular weight is 329 g/mol. The maximum Gasteiger partial charge on any atom is 0.284 e. The highest BCUT2D eigenvalue weighted by molar-refractivity contribution is 8.00. The van der Waals surface area contributed by atoms with Crippen LogP contribution in [0.25, 0.3) is 11.7 Å². The summed E-state index contributed by atoms with van der Waals surface area (Å²) in [5.74, 6) is 0.719. The topological polar surface area (TPSA) is 81.2 Å². The monoisotopic (exact) mass is 329 g/mol. The fourth-order valence-electron chi connectivity index (χ4n) is 1.89. The number of furan rings is 1. The molecule has 6 nitrogen and oxygen atoms in total. The Labute approximate surface area is 137 Å². The van der Waals surface area contributed by atoms with Gasteiger partial charge in [-0.15, -0.1) is 10.2 Å². The largest absolute Gasteiger partial charge is 0.459 e. The van der Waals surface area contributed by atoms with Crippen LogP contribution in [-0.4, -0.2) is 21.4 Å². The first-order valence-corrected chi connectivity index (χ1v) is 7.96. The highest BCUT2D eigenvalue weighted by atomic mass is 32.2. The summed E-state index contributed by atoms with van der Waals surface area (Å²) in [7, 11) is 0. The maximum atomic E-state index is 12.1. The summed E-state index contributed by atoms with van der Waals surface area (Å²) >= 11 is 1.21. The minimum Gasteiger partial charge on any atom is -0.459 e. The second kappa shape index (κ2) is 7.15. The van der Waals surface area contributed by atoms with Crippen LogP contribution >= 0.6 is 11.8 Å². The van der Waals surface area contributed by atoms with Crippen LogP contribution in [0.2, 0.25) is 0 Å². The van der Waals surface area contributed by atoms with Crippen molar-refractivity contribution in [2.45, 2.75) is 23.9 Å². The van der Waals surface area contributed by atoms with E-state index in [0.717, 1.165) is 5.56 Å². The van der Waals surface area contributed by atoms with E-state index in [1.807, 2.05) is 30.3 Å². The van der Waals surface area contributed by atoms with E-state index >= 15 is 0 Å². The molecule has 0 bridgehead atoms. The van der Waals surface area contributed by atoms with Crippen LogP contribution in [0.3, 0.4) is 0 Å². The Morgan fingerprint density at radius 1 is 1.22 bits per heavy atom. The summed E-state index contributed by atoms with van der Waals surface area (Å²) in [4.78, 5) is 12.1. The lowest BCUT2D eigenvalue weighted by atomic mass is 10.2. The Morgan fingerprint density at radius 3 is 2.78 bits per heavy atom. The SMILES string of the molecule is C[C@@H](Sc1nnc(-c2ccco2)o1)C(=O)NCc1ccccc1. The molecule has 0 saturated heterocycles. The van der Waals surface area contributed by atoms with Gasteiger partial charge in [0.25, 0.3) is 11.1 Å². The van der Waals surface area contributed by atoms with E-state index in [0.29, 0.717) is 23.4 Å². The molecular formula is C16H15N3O3S. The summed E-state index contributed by atoms with van der Waals surface area (Å²) in [6.45, 7) is 2.29. The van der Waals surface area contributed by atoms with Crippen LogP contribution in [0.5, 0.6) is 0 Å². The van der Waals surface area contributed by atoms with Crippen molar-refractivity contribution in [2.24, 2.45) is 0 Å². The third kappa shape index (κ3) is 4.01. The molecular weight excluding hydrogens is 314 g/mol. The number of amides is 1. The molecule has 23 heavy (non-hydrogen) atoms. The predicted octanol–water partition coefficient (Wildman–Crippen LogP) is 3.13. The molecule has 3 aromatic rings. The Kier molecular flexibility index (Phi) is 4.77. The molecule has 1 amide bonds. The fourth-order valence-corrected chi connectivity index (χ4v) is 2.60. The van der Waals surface area contributed by atoms with Crippen molar-refractivity contribution < 1.29 is 13.6 Å². The number of carbonyl (C=O) groups is 1. The van der Waals surface area contributed by atoms with Gasteiger partial charge in [0.2, 0.25) is 5.91 Å². The number of rotatable bonds is 6. The van der Waals surface area contributed by atoms with Gasteiger partial charge in [0, 0.05) is 6.54 Å². The Morgan fingerprint density at radius 2 is 2.04 bits per heavy atom. The summed E-state index contributed by atoms with van der Waals surface area (Å²) in [6.07, 6.45) is 1.53. The third-order valence-electron chi connectivity index (χ3n) is 3.09. The summed E-state index contributed by atoms with van der Waals surface area (Å²) in [5.41, 5.74) is 1.05.